The van der Waals surface area contributed by atoms with E-state index in [2.05, 4.69) is 39.1 Å². The average Bonchev–Trinajstić information content (AvgIpc) is 2.73. The van der Waals surface area contributed by atoms with Crippen LogP contribution in [0.15, 0.2) is 12.1 Å². The molecule has 88 valence electrons. The molecule has 3 heteroatoms. The molecule has 0 amide bonds. The van der Waals surface area contributed by atoms with E-state index in [9.17, 15) is 0 Å². The third-order valence-electron chi connectivity index (χ3n) is 2.87. The summed E-state index contributed by atoms with van der Waals surface area (Å²) in [5.74, 6) is 0.642. The Morgan fingerprint density at radius 1 is 1.38 bits per heavy atom. The van der Waals surface area contributed by atoms with Crippen LogP contribution in [0.4, 0.5) is 0 Å². The van der Waals surface area contributed by atoms with Gasteiger partial charge in [-0.3, -0.25) is 0 Å². The van der Waals surface area contributed by atoms with E-state index in [-0.39, 0.29) is 0 Å². The molecule has 0 saturated carbocycles. The summed E-state index contributed by atoms with van der Waals surface area (Å²) in [5, 5.41) is 12.4. The molecule has 2 nitrogen and oxygen atoms in total. The molecule has 1 rings (SSSR count). The zero-order valence-electron chi connectivity index (χ0n) is 10.4. The van der Waals surface area contributed by atoms with Gasteiger partial charge in [0, 0.05) is 17.0 Å². The Labute approximate surface area is 102 Å². The highest BCUT2D eigenvalue weighted by molar-refractivity contribution is 7.12. The van der Waals surface area contributed by atoms with Crippen LogP contribution in [0.2, 0.25) is 0 Å². The van der Waals surface area contributed by atoms with Gasteiger partial charge in [-0.1, -0.05) is 20.8 Å². The van der Waals surface area contributed by atoms with Gasteiger partial charge in [0.05, 0.1) is 0 Å². The topological polar surface area (TPSA) is 35.8 Å². The minimum Gasteiger partial charge on any atom is -0.306 e. The van der Waals surface area contributed by atoms with E-state index in [1.165, 1.54) is 4.88 Å². The molecular formula is C13H20N2S. The number of hydrogen-bond donors (Lipinski definition) is 1. The maximum Gasteiger partial charge on any atom is 0.110 e. The summed E-state index contributed by atoms with van der Waals surface area (Å²) in [6, 6.07) is 7.01. The van der Waals surface area contributed by atoms with Crippen LogP contribution >= 0.6 is 11.3 Å². The maximum atomic E-state index is 8.79. The molecule has 2 unspecified atom stereocenters. The summed E-state index contributed by atoms with van der Waals surface area (Å²) in [6.45, 7) is 8.85. The molecule has 2 atom stereocenters. The highest BCUT2D eigenvalue weighted by atomic mass is 32.1. The highest BCUT2D eigenvalue weighted by Gasteiger charge is 2.16. The summed E-state index contributed by atoms with van der Waals surface area (Å²) in [7, 11) is 0. The first-order valence-corrected chi connectivity index (χ1v) is 6.66. The van der Waals surface area contributed by atoms with E-state index in [0.717, 1.165) is 11.3 Å². The normalized spacial score (nSPS) is 14.8. The Morgan fingerprint density at radius 3 is 2.50 bits per heavy atom. The van der Waals surface area contributed by atoms with E-state index in [4.69, 9.17) is 5.26 Å². The second-order valence-electron chi connectivity index (χ2n) is 4.46. The molecule has 0 saturated heterocycles. The molecule has 0 aliphatic rings. The Balaban J connectivity index is 2.64. The van der Waals surface area contributed by atoms with Gasteiger partial charge < -0.3 is 5.32 Å². The lowest BCUT2D eigenvalue weighted by Crippen LogP contribution is -2.34. The number of nitriles is 1. The first kappa shape index (κ1) is 13.2. The van der Waals surface area contributed by atoms with Crippen molar-refractivity contribution in [2.45, 2.75) is 46.2 Å². The molecule has 1 aromatic heterocycles. The largest absolute Gasteiger partial charge is 0.306 e. The molecule has 16 heavy (non-hydrogen) atoms. The summed E-state index contributed by atoms with van der Waals surface area (Å²) in [5.41, 5.74) is 0. The number of nitrogens with one attached hydrogen (secondary N) is 1. The molecule has 0 aromatic carbocycles. The van der Waals surface area contributed by atoms with Crippen LogP contribution in [-0.2, 0) is 0 Å². The van der Waals surface area contributed by atoms with Crippen LogP contribution in [0, 0.1) is 17.2 Å². The average molecular weight is 236 g/mol. The van der Waals surface area contributed by atoms with Gasteiger partial charge >= 0.3 is 0 Å². The smallest absolute Gasteiger partial charge is 0.110 e. The first-order valence-electron chi connectivity index (χ1n) is 5.84. The third kappa shape index (κ3) is 3.33. The maximum absolute atomic E-state index is 8.79. The van der Waals surface area contributed by atoms with Crippen LogP contribution in [0.3, 0.4) is 0 Å². The number of hydrogen-bond acceptors (Lipinski definition) is 3. The minimum absolute atomic E-state index is 0.333. The lowest BCUT2D eigenvalue weighted by Gasteiger charge is -2.24. The van der Waals surface area contributed by atoms with Crippen molar-refractivity contribution in [3.05, 3.63) is 21.9 Å². The summed E-state index contributed by atoms with van der Waals surface area (Å²) >= 11 is 1.58. The minimum atomic E-state index is 0.333. The van der Waals surface area contributed by atoms with Crippen molar-refractivity contribution in [2.24, 2.45) is 5.92 Å². The summed E-state index contributed by atoms with van der Waals surface area (Å²) in [6.07, 6.45) is 1.14. The molecule has 1 N–H and O–H groups in total. The van der Waals surface area contributed by atoms with Crippen molar-refractivity contribution in [3.8, 4) is 6.07 Å². The van der Waals surface area contributed by atoms with Crippen molar-refractivity contribution in [2.75, 3.05) is 0 Å². The zero-order valence-corrected chi connectivity index (χ0v) is 11.3. The van der Waals surface area contributed by atoms with Crippen molar-refractivity contribution < 1.29 is 0 Å². The van der Waals surface area contributed by atoms with Crippen molar-refractivity contribution >= 4 is 11.3 Å². The molecule has 0 spiro atoms. The van der Waals surface area contributed by atoms with Crippen LogP contribution in [0.1, 0.15) is 49.9 Å². The van der Waals surface area contributed by atoms with Gasteiger partial charge in [-0.15, -0.1) is 11.3 Å². The second-order valence-corrected chi connectivity index (χ2v) is 5.58. The molecular weight excluding hydrogens is 216 g/mol. The molecule has 0 fully saturated rings. The number of thiophene rings is 1. The monoisotopic (exact) mass is 236 g/mol. The van der Waals surface area contributed by atoms with E-state index in [1.807, 2.05) is 12.1 Å². The van der Waals surface area contributed by atoms with Gasteiger partial charge in [0.1, 0.15) is 10.9 Å². The van der Waals surface area contributed by atoms with Gasteiger partial charge in [0.2, 0.25) is 0 Å². The van der Waals surface area contributed by atoms with Gasteiger partial charge in [-0.05, 0) is 31.4 Å². The van der Waals surface area contributed by atoms with Crippen molar-refractivity contribution in [3.63, 3.8) is 0 Å². The second kappa shape index (κ2) is 6.03. The zero-order chi connectivity index (χ0) is 12.1. The quantitative estimate of drug-likeness (QED) is 0.846. The van der Waals surface area contributed by atoms with Gasteiger partial charge in [-0.2, -0.15) is 5.26 Å². The van der Waals surface area contributed by atoms with Gasteiger partial charge in [0.25, 0.3) is 0 Å². The fourth-order valence-electron chi connectivity index (χ4n) is 1.83. The molecule has 0 radical (unpaired) electrons. The Kier molecular flexibility index (Phi) is 4.98. The number of rotatable bonds is 5. The predicted molar refractivity (Wildman–Crippen MR) is 69.5 cm³/mol. The summed E-state index contributed by atoms with van der Waals surface area (Å²) in [4.78, 5) is 2.04. The van der Waals surface area contributed by atoms with E-state index >= 15 is 0 Å². The van der Waals surface area contributed by atoms with E-state index in [0.29, 0.717) is 18.0 Å². The van der Waals surface area contributed by atoms with Crippen molar-refractivity contribution in [1.82, 2.24) is 5.32 Å². The highest BCUT2D eigenvalue weighted by Crippen LogP contribution is 2.24. The Bertz CT molecular complexity index is 362. The third-order valence-corrected chi connectivity index (χ3v) is 4.05. The molecule has 0 aliphatic carbocycles. The molecule has 0 aliphatic heterocycles. The summed E-state index contributed by atoms with van der Waals surface area (Å²) < 4.78 is 0. The Morgan fingerprint density at radius 2 is 2.06 bits per heavy atom. The molecule has 0 bridgehead atoms. The standard InChI is InChI=1S/C13H20N2S/c1-5-12(9(2)3)15-10(4)13-7-6-11(8-14)16-13/h6-7,9-10,12,15H,5H2,1-4H3. The van der Waals surface area contributed by atoms with Gasteiger partial charge in [-0.25, -0.2) is 0 Å². The fourth-order valence-corrected chi connectivity index (χ4v) is 2.65. The van der Waals surface area contributed by atoms with E-state index < -0.39 is 0 Å². The van der Waals surface area contributed by atoms with E-state index in [1.54, 1.807) is 11.3 Å². The lowest BCUT2D eigenvalue weighted by atomic mass is 10.0. The molecule has 1 heterocycles. The van der Waals surface area contributed by atoms with Gasteiger partial charge in [0.15, 0.2) is 0 Å². The Hall–Kier alpha value is -0.850. The molecule has 1 aromatic rings. The van der Waals surface area contributed by atoms with Crippen LogP contribution in [-0.4, -0.2) is 6.04 Å². The van der Waals surface area contributed by atoms with Crippen LogP contribution in [0.5, 0.6) is 0 Å². The number of nitrogens with zero attached hydrogens (tertiary/aromatic N) is 1. The van der Waals surface area contributed by atoms with Crippen molar-refractivity contribution in [1.29, 1.82) is 5.26 Å². The SMILES string of the molecule is CCC(NC(C)c1ccc(C#N)s1)C(C)C. The predicted octanol–water partition coefficient (Wildman–Crippen LogP) is 3.70. The lowest BCUT2D eigenvalue weighted by molar-refractivity contribution is 0.358. The van der Waals surface area contributed by atoms with Crippen LogP contribution < -0.4 is 5.32 Å². The first-order chi connectivity index (χ1) is 7.58. The fraction of sp³-hybridized carbons (Fsp3) is 0.615. The van der Waals surface area contributed by atoms with Crippen LogP contribution in [0.25, 0.3) is 0 Å².